The third-order valence-electron chi connectivity index (χ3n) is 3.08. The first kappa shape index (κ1) is 17.5. The van der Waals surface area contributed by atoms with Crippen molar-refractivity contribution in [3.8, 4) is 0 Å². The van der Waals surface area contributed by atoms with E-state index < -0.39 is 24.6 Å². The molecule has 118 valence electrons. The number of hydrogen-bond donors (Lipinski definition) is 2. The Morgan fingerprint density at radius 2 is 1.86 bits per heavy atom. The third-order valence-corrected chi connectivity index (χ3v) is 3.08. The molecule has 7 heteroatoms. The fourth-order valence-corrected chi connectivity index (χ4v) is 1.92. The van der Waals surface area contributed by atoms with E-state index in [-0.39, 0.29) is 19.7 Å². The predicted molar refractivity (Wildman–Crippen MR) is 70.9 cm³/mol. The first-order valence-electron chi connectivity index (χ1n) is 6.44. The normalized spacial score (nSPS) is 13.4. The number of nitrogens with zero attached hydrogens (tertiary/aromatic N) is 1. The summed E-state index contributed by atoms with van der Waals surface area (Å²) in [6, 6.07) is 6.41. The molecule has 1 atom stereocenters. The highest BCUT2D eigenvalue weighted by Gasteiger charge is 2.30. The van der Waals surface area contributed by atoms with Crippen molar-refractivity contribution in [1.29, 1.82) is 0 Å². The number of carbonyl (C=O) groups is 1. The molecule has 1 unspecified atom stereocenters. The molecule has 4 nitrogen and oxygen atoms in total. The molecular formula is C14H18F3NO3. The summed E-state index contributed by atoms with van der Waals surface area (Å²) in [5.74, 6) is -1.62. The highest BCUT2D eigenvalue weighted by molar-refractivity contribution is 5.75. The Morgan fingerprint density at radius 1 is 1.29 bits per heavy atom. The summed E-state index contributed by atoms with van der Waals surface area (Å²) in [5.41, 5.74) is 1.23. The molecule has 0 spiro atoms. The van der Waals surface area contributed by atoms with E-state index in [4.69, 9.17) is 10.2 Å². The van der Waals surface area contributed by atoms with E-state index in [1.54, 1.807) is 31.2 Å². The van der Waals surface area contributed by atoms with Gasteiger partial charge in [0, 0.05) is 13.1 Å². The maximum absolute atomic E-state index is 12.4. The molecular weight excluding hydrogens is 287 g/mol. The number of hydrogen-bond acceptors (Lipinski definition) is 3. The molecule has 0 saturated heterocycles. The monoisotopic (exact) mass is 305 g/mol. The van der Waals surface area contributed by atoms with E-state index in [0.29, 0.717) is 11.1 Å². The number of carboxylic acids is 1. The van der Waals surface area contributed by atoms with Gasteiger partial charge in [-0.2, -0.15) is 13.2 Å². The largest absolute Gasteiger partial charge is 0.481 e. The van der Waals surface area contributed by atoms with Crippen LogP contribution >= 0.6 is 0 Å². The Kier molecular flexibility index (Phi) is 6.17. The van der Waals surface area contributed by atoms with Crippen molar-refractivity contribution in [3.63, 3.8) is 0 Å². The number of carboxylic acid groups (broad SMARTS) is 1. The van der Waals surface area contributed by atoms with E-state index in [1.807, 2.05) is 0 Å². The van der Waals surface area contributed by atoms with E-state index in [2.05, 4.69) is 0 Å². The SMILES string of the molecule is CC(C(=O)O)c1ccc(CN(CCO)CC(F)(F)F)cc1. The van der Waals surface area contributed by atoms with Gasteiger partial charge in [0.25, 0.3) is 0 Å². The van der Waals surface area contributed by atoms with Gasteiger partial charge in [0.1, 0.15) is 0 Å². The van der Waals surface area contributed by atoms with Crippen molar-refractivity contribution in [2.24, 2.45) is 0 Å². The maximum Gasteiger partial charge on any atom is 0.401 e. The molecule has 0 aliphatic heterocycles. The van der Waals surface area contributed by atoms with Crippen molar-refractivity contribution in [2.75, 3.05) is 19.7 Å². The van der Waals surface area contributed by atoms with Crippen LogP contribution in [0.3, 0.4) is 0 Å². The molecule has 21 heavy (non-hydrogen) atoms. The molecule has 0 aromatic heterocycles. The zero-order valence-corrected chi connectivity index (χ0v) is 11.6. The van der Waals surface area contributed by atoms with Crippen molar-refractivity contribution < 1.29 is 28.2 Å². The van der Waals surface area contributed by atoms with Crippen LogP contribution in [-0.2, 0) is 11.3 Å². The smallest absolute Gasteiger partial charge is 0.401 e. The highest BCUT2D eigenvalue weighted by Crippen LogP contribution is 2.20. The molecule has 0 saturated carbocycles. The number of halogens is 3. The van der Waals surface area contributed by atoms with Gasteiger partial charge in [0.05, 0.1) is 19.1 Å². The number of aliphatic hydroxyl groups excluding tert-OH is 1. The van der Waals surface area contributed by atoms with E-state index in [1.165, 1.54) is 0 Å². The molecule has 1 aromatic carbocycles. The second-order valence-electron chi connectivity index (χ2n) is 4.85. The summed E-state index contributed by atoms with van der Waals surface area (Å²) in [4.78, 5) is 11.9. The average molecular weight is 305 g/mol. The average Bonchev–Trinajstić information content (AvgIpc) is 2.37. The maximum atomic E-state index is 12.4. The molecule has 0 aliphatic rings. The number of alkyl halides is 3. The zero-order valence-electron chi connectivity index (χ0n) is 11.6. The Bertz CT molecular complexity index is 460. The molecule has 0 aliphatic carbocycles. The topological polar surface area (TPSA) is 60.8 Å². The van der Waals surface area contributed by atoms with Gasteiger partial charge in [0.15, 0.2) is 0 Å². The van der Waals surface area contributed by atoms with Gasteiger partial charge < -0.3 is 10.2 Å². The summed E-state index contributed by atoms with van der Waals surface area (Å²) in [6.45, 7) is 0.0543. The van der Waals surface area contributed by atoms with E-state index >= 15 is 0 Å². The van der Waals surface area contributed by atoms with Gasteiger partial charge in [0.2, 0.25) is 0 Å². The number of aliphatic hydroxyl groups is 1. The lowest BCUT2D eigenvalue weighted by molar-refractivity contribution is -0.148. The van der Waals surface area contributed by atoms with E-state index in [0.717, 1.165) is 4.90 Å². The van der Waals surface area contributed by atoms with Gasteiger partial charge in [-0.3, -0.25) is 9.69 Å². The van der Waals surface area contributed by atoms with Crippen LogP contribution < -0.4 is 0 Å². The van der Waals surface area contributed by atoms with Gasteiger partial charge in [-0.25, -0.2) is 0 Å². The molecule has 0 bridgehead atoms. The van der Waals surface area contributed by atoms with Crippen LogP contribution in [0.5, 0.6) is 0 Å². The summed E-state index contributed by atoms with van der Waals surface area (Å²) >= 11 is 0. The zero-order chi connectivity index (χ0) is 16.0. The van der Waals surface area contributed by atoms with Crippen molar-refractivity contribution in [2.45, 2.75) is 25.6 Å². The highest BCUT2D eigenvalue weighted by atomic mass is 19.4. The Labute approximate surface area is 120 Å². The minimum Gasteiger partial charge on any atom is -0.481 e. The van der Waals surface area contributed by atoms with Gasteiger partial charge in [-0.15, -0.1) is 0 Å². The fraction of sp³-hybridized carbons (Fsp3) is 0.500. The second kappa shape index (κ2) is 7.42. The van der Waals surface area contributed by atoms with Crippen LogP contribution in [0, 0.1) is 0 Å². The quantitative estimate of drug-likeness (QED) is 0.811. The van der Waals surface area contributed by atoms with Crippen LogP contribution in [0.2, 0.25) is 0 Å². The Morgan fingerprint density at radius 3 is 2.29 bits per heavy atom. The van der Waals surface area contributed by atoms with Crippen LogP contribution in [0.1, 0.15) is 24.0 Å². The van der Waals surface area contributed by atoms with E-state index in [9.17, 15) is 18.0 Å². The molecule has 0 fully saturated rings. The lowest BCUT2D eigenvalue weighted by atomic mass is 10.00. The third kappa shape index (κ3) is 6.14. The summed E-state index contributed by atoms with van der Waals surface area (Å²) in [5, 5.41) is 17.7. The van der Waals surface area contributed by atoms with Crippen LogP contribution in [0.4, 0.5) is 13.2 Å². The lowest BCUT2D eigenvalue weighted by Gasteiger charge is -2.22. The van der Waals surface area contributed by atoms with Crippen molar-refractivity contribution in [3.05, 3.63) is 35.4 Å². The summed E-state index contributed by atoms with van der Waals surface area (Å²) in [7, 11) is 0. The van der Waals surface area contributed by atoms with Gasteiger partial charge in [-0.05, 0) is 18.1 Å². The number of aliphatic carboxylic acids is 1. The van der Waals surface area contributed by atoms with Gasteiger partial charge in [-0.1, -0.05) is 24.3 Å². The molecule has 0 heterocycles. The molecule has 0 radical (unpaired) electrons. The van der Waals surface area contributed by atoms with Gasteiger partial charge >= 0.3 is 12.1 Å². The standard InChI is InChI=1S/C14H18F3NO3/c1-10(13(20)21)12-4-2-11(3-5-12)8-18(6-7-19)9-14(15,16)17/h2-5,10,19H,6-9H2,1H3,(H,20,21). The Hall–Kier alpha value is -1.60. The molecule has 2 N–H and O–H groups in total. The first-order valence-corrected chi connectivity index (χ1v) is 6.44. The fourth-order valence-electron chi connectivity index (χ4n) is 1.92. The van der Waals surface area contributed by atoms with Crippen LogP contribution in [-0.4, -0.2) is 47.0 Å². The second-order valence-corrected chi connectivity index (χ2v) is 4.85. The first-order chi connectivity index (χ1) is 9.73. The minimum atomic E-state index is -4.33. The summed E-state index contributed by atoms with van der Waals surface area (Å²) in [6.07, 6.45) is -4.33. The van der Waals surface area contributed by atoms with Crippen molar-refractivity contribution >= 4 is 5.97 Å². The minimum absolute atomic E-state index is 0.0435. The number of rotatable bonds is 7. The number of benzene rings is 1. The molecule has 0 amide bonds. The van der Waals surface area contributed by atoms with Crippen LogP contribution in [0.25, 0.3) is 0 Å². The predicted octanol–water partition coefficient (Wildman–Crippen LogP) is 2.23. The molecule has 1 rings (SSSR count). The van der Waals surface area contributed by atoms with Crippen molar-refractivity contribution in [1.82, 2.24) is 4.90 Å². The Balaban J connectivity index is 2.74. The van der Waals surface area contributed by atoms with Crippen LogP contribution in [0.15, 0.2) is 24.3 Å². The summed E-state index contributed by atoms with van der Waals surface area (Å²) < 4.78 is 37.2. The lowest BCUT2D eigenvalue weighted by Crippen LogP contribution is -2.35. The molecule has 1 aromatic rings.